The van der Waals surface area contributed by atoms with E-state index in [9.17, 15) is 19.3 Å². The van der Waals surface area contributed by atoms with Gasteiger partial charge >= 0.3 is 5.69 Å². The molecule has 2 rings (SSSR count). The molecule has 0 aliphatic carbocycles. The monoisotopic (exact) mass is 382 g/mol. The predicted octanol–water partition coefficient (Wildman–Crippen LogP) is -0.837. The largest absolute Gasteiger partial charge is 0.394 e. The molecule has 0 bridgehead atoms. The first-order valence-corrected chi connectivity index (χ1v) is 9.66. The van der Waals surface area contributed by atoms with Crippen molar-refractivity contribution in [3.05, 3.63) is 33.1 Å². The van der Waals surface area contributed by atoms with Crippen LogP contribution in [0.5, 0.6) is 0 Å². The third-order valence-electron chi connectivity index (χ3n) is 3.43. The number of thiol groups is 1. The molecule has 1 fully saturated rings. The number of aliphatic hydroxyl groups excluding tert-OH is 1. The van der Waals surface area contributed by atoms with E-state index in [-0.39, 0.29) is 13.2 Å². The van der Waals surface area contributed by atoms with Gasteiger partial charge in [-0.05, 0) is 0 Å². The zero-order valence-electron chi connectivity index (χ0n) is 12.8. The first kappa shape index (κ1) is 19.4. The quantitative estimate of drug-likeness (QED) is 0.302. The minimum atomic E-state index is -2.65. The number of aromatic amines is 1. The summed E-state index contributed by atoms with van der Waals surface area (Å²) in [5, 5.41) is 9.47. The Morgan fingerprint density at radius 2 is 2.17 bits per heavy atom. The van der Waals surface area contributed by atoms with E-state index in [0.717, 1.165) is 10.6 Å². The zero-order chi connectivity index (χ0) is 17.7. The Morgan fingerprint density at radius 1 is 1.42 bits per heavy atom. The molecule has 0 amide bonds. The van der Waals surface area contributed by atoms with Crippen molar-refractivity contribution < 1.29 is 28.4 Å². The van der Waals surface area contributed by atoms with E-state index < -0.39 is 49.6 Å². The number of rotatable bonds is 8. The molecule has 1 unspecified atom stereocenters. The molecule has 1 aromatic rings. The molecule has 1 aliphatic rings. The number of methoxy groups -OCH3 is 1. The highest BCUT2D eigenvalue weighted by Crippen LogP contribution is 2.39. The fourth-order valence-corrected chi connectivity index (χ4v) is 3.29. The third kappa shape index (κ3) is 4.57. The van der Waals surface area contributed by atoms with Gasteiger partial charge in [0.2, 0.25) is 7.23 Å². The molecule has 2 heterocycles. The molecule has 0 spiro atoms. The van der Waals surface area contributed by atoms with Crippen molar-refractivity contribution in [2.75, 3.05) is 26.9 Å². The van der Waals surface area contributed by atoms with Crippen LogP contribution in [-0.2, 0) is 23.3 Å². The molecule has 5 atom stereocenters. The van der Waals surface area contributed by atoms with Gasteiger partial charge in [-0.2, -0.15) is 0 Å². The van der Waals surface area contributed by atoms with Crippen molar-refractivity contribution in [1.29, 1.82) is 0 Å². The molecule has 1 aromatic heterocycles. The number of H-pyrrole nitrogens is 1. The lowest BCUT2D eigenvalue weighted by molar-refractivity contribution is -0.0807. The highest BCUT2D eigenvalue weighted by molar-refractivity contribution is 8.39. The van der Waals surface area contributed by atoms with Gasteiger partial charge < -0.3 is 23.8 Å². The lowest BCUT2D eigenvalue weighted by atomic mass is 10.1. The molecule has 0 aromatic carbocycles. The number of aliphatic hydroxyl groups is 1. The summed E-state index contributed by atoms with van der Waals surface area (Å²) in [6.07, 6.45) is -2.37. The summed E-state index contributed by atoms with van der Waals surface area (Å²) in [7, 11) is -1.15. The van der Waals surface area contributed by atoms with Crippen LogP contribution in [-0.4, -0.2) is 59.9 Å². The van der Waals surface area contributed by atoms with E-state index in [1.165, 1.54) is 13.3 Å². The summed E-state index contributed by atoms with van der Waals surface area (Å²) >= 11 is 3.74. The summed E-state index contributed by atoms with van der Waals surface area (Å²) in [5.74, 6) is 0. The van der Waals surface area contributed by atoms with Crippen molar-refractivity contribution in [3.8, 4) is 0 Å². The van der Waals surface area contributed by atoms with Gasteiger partial charge in [-0.1, -0.05) is 12.2 Å². The first-order valence-electron chi connectivity index (χ1n) is 7.06. The molecule has 136 valence electrons. The van der Waals surface area contributed by atoms with Crippen LogP contribution in [0.2, 0.25) is 0 Å². The number of hydrogen-bond donors (Lipinski definition) is 3. The Morgan fingerprint density at radius 3 is 2.75 bits per heavy atom. The number of hydrogen-bond acceptors (Lipinski definition) is 8. The lowest BCUT2D eigenvalue weighted by Crippen LogP contribution is -2.40. The molecular formula is C12H19N2O8PS. The van der Waals surface area contributed by atoms with Crippen LogP contribution in [0, 0.1) is 0 Å². The van der Waals surface area contributed by atoms with Gasteiger partial charge in [0.05, 0.1) is 19.8 Å². The minimum absolute atomic E-state index is 0.157. The summed E-state index contributed by atoms with van der Waals surface area (Å²) in [5.41, 5.74) is -1.26. The highest BCUT2D eigenvalue weighted by atomic mass is 32.7. The number of aromatic nitrogens is 2. The Balaban J connectivity index is 2.33. The standard InChI is InChI=1S/C12H19N2O8PS/c1-19-4-5-20-10-9(22-23(18)24)7(6-15)21-11(10)14-3-2-8(16)13-12(14)17/h2-3,7,9-11,15,23H,4-6H2,1H3,(H,18,24)(H,13,16,17)/t7-,9-,10-,11-/m1/s1. The van der Waals surface area contributed by atoms with Crippen molar-refractivity contribution in [1.82, 2.24) is 9.55 Å². The minimum Gasteiger partial charge on any atom is -0.394 e. The summed E-state index contributed by atoms with van der Waals surface area (Å²) in [6, 6.07) is 1.15. The molecule has 2 N–H and O–H groups in total. The van der Waals surface area contributed by atoms with E-state index in [0.29, 0.717) is 0 Å². The third-order valence-corrected chi connectivity index (χ3v) is 4.22. The average molecular weight is 382 g/mol. The Bertz CT molecular complexity index is 680. The summed E-state index contributed by atoms with van der Waals surface area (Å²) < 4.78 is 33.9. The SMILES string of the molecule is COCCO[C@@H]1[C@H](O[PH](=O)S)[C@@H](CO)O[C@H]1n1ccc(=O)[nH]c1=O. The maximum atomic E-state index is 12.0. The van der Waals surface area contributed by atoms with Gasteiger partial charge in [0.25, 0.3) is 5.56 Å². The molecule has 1 saturated heterocycles. The molecule has 10 nitrogen and oxygen atoms in total. The Labute approximate surface area is 142 Å². The number of nitrogens with one attached hydrogen (secondary N) is 1. The fourth-order valence-electron chi connectivity index (χ4n) is 2.41. The molecular weight excluding hydrogens is 363 g/mol. The highest BCUT2D eigenvalue weighted by Gasteiger charge is 2.48. The van der Waals surface area contributed by atoms with Gasteiger partial charge in [-0.3, -0.25) is 18.9 Å². The second-order valence-electron chi connectivity index (χ2n) is 4.94. The van der Waals surface area contributed by atoms with E-state index >= 15 is 0 Å². The van der Waals surface area contributed by atoms with Crippen LogP contribution in [0.3, 0.4) is 0 Å². The van der Waals surface area contributed by atoms with Crippen molar-refractivity contribution >= 4 is 19.5 Å². The van der Waals surface area contributed by atoms with Gasteiger partial charge in [0.1, 0.15) is 18.3 Å². The van der Waals surface area contributed by atoms with Gasteiger partial charge in [-0.15, -0.1) is 0 Å². The van der Waals surface area contributed by atoms with Gasteiger partial charge in [-0.25, -0.2) is 4.79 Å². The predicted molar refractivity (Wildman–Crippen MR) is 86.8 cm³/mol. The van der Waals surface area contributed by atoms with Crippen LogP contribution in [0.15, 0.2) is 21.9 Å². The molecule has 24 heavy (non-hydrogen) atoms. The lowest BCUT2D eigenvalue weighted by Gasteiger charge is -2.24. The Kier molecular flexibility index (Phi) is 7.23. The Hall–Kier alpha value is -0.940. The second kappa shape index (κ2) is 8.95. The van der Waals surface area contributed by atoms with Crippen molar-refractivity contribution in [2.24, 2.45) is 0 Å². The van der Waals surface area contributed by atoms with Crippen LogP contribution >= 0.6 is 19.5 Å². The van der Waals surface area contributed by atoms with E-state index in [2.05, 4.69) is 17.2 Å². The first-order chi connectivity index (χ1) is 11.5. The maximum Gasteiger partial charge on any atom is 0.330 e. The van der Waals surface area contributed by atoms with Crippen LogP contribution in [0.25, 0.3) is 0 Å². The van der Waals surface area contributed by atoms with Gasteiger partial charge in [0.15, 0.2) is 6.23 Å². The number of ether oxygens (including phenoxy) is 3. The summed E-state index contributed by atoms with van der Waals surface area (Å²) in [4.78, 5) is 25.3. The second-order valence-corrected chi connectivity index (χ2v) is 6.80. The maximum absolute atomic E-state index is 12.0. The van der Waals surface area contributed by atoms with E-state index in [1.807, 2.05) is 0 Å². The topological polar surface area (TPSA) is 129 Å². The molecule has 1 aliphatic heterocycles. The van der Waals surface area contributed by atoms with Crippen LogP contribution in [0.4, 0.5) is 0 Å². The normalized spacial score (nSPS) is 28.1. The fraction of sp³-hybridized carbons (Fsp3) is 0.667. The van der Waals surface area contributed by atoms with Gasteiger partial charge in [0, 0.05) is 19.4 Å². The zero-order valence-corrected chi connectivity index (χ0v) is 14.7. The molecule has 12 heteroatoms. The molecule has 0 radical (unpaired) electrons. The smallest absolute Gasteiger partial charge is 0.330 e. The van der Waals surface area contributed by atoms with Crippen molar-refractivity contribution in [2.45, 2.75) is 24.5 Å². The van der Waals surface area contributed by atoms with Crippen molar-refractivity contribution in [3.63, 3.8) is 0 Å². The van der Waals surface area contributed by atoms with E-state index in [4.69, 9.17) is 18.7 Å². The van der Waals surface area contributed by atoms with E-state index in [1.54, 1.807) is 0 Å². The van der Waals surface area contributed by atoms with Crippen LogP contribution < -0.4 is 11.2 Å². The molecule has 0 saturated carbocycles. The average Bonchev–Trinajstić information content (AvgIpc) is 2.85. The number of nitrogens with zero attached hydrogens (tertiary/aromatic N) is 1. The van der Waals surface area contributed by atoms with Crippen LogP contribution in [0.1, 0.15) is 6.23 Å². The summed E-state index contributed by atoms with van der Waals surface area (Å²) in [6.45, 7) is -0.00666.